The third-order valence-electron chi connectivity index (χ3n) is 2.68. The second-order valence-electron chi connectivity index (χ2n) is 5.49. The minimum absolute atomic E-state index is 0.363. The maximum atomic E-state index is 5.57. The molecule has 0 aliphatic heterocycles. The highest BCUT2D eigenvalue weighted by Gasteiger charge is 2.24. The van der Waals surface area contributed by atoms with Crippen LogP contribution in [-0.4, -0.2) is 25.3 Å². The zero-order valence-electron chi connectivity index (χ0n) is 10.1. The molecule has 1 aliphatic rings. The van der Waals surface area contributed by atoms with Crippen molar-refractivity contribution in [2.45, 2.75) is 59.1 Å². The third-order valence-corrected chi connectivity index (χ3v) is 2.68. The molecule has 0 aromatic rings. The summed E-state index contributed by atoms with van der Waals surface area (Å²) < 4.78 is 5.57. The molecule has 2 nitrogen and oxygen atoms in total. The van der Waals surface area contributed by atoms with Crippen molar-refractivity contribution in [2.75, 3.05) is 13.2 Å². The molecule has 1 fully saturated rings. The Morgan fingerprint density at radius 3 is 2.50 bits per heavy atom. The topological polar surface area (TPSA) is 21.3 Å². The first-order valence-corrected chi connectivity index (χ1v) is 5.84. The molecule has 0 atom stereocenters. The van der Waals surface area contributed by atoms with Crippen molar-refractivity contribution in [2.24, 2.45) is 5.41 Å². The van der Waals surface area contributed by atoms with Crippen molar-refractivity contribution in [3.63, 3.8) is 0 Å². The predicted octanol–water partition coefficient (Wildman–Crippen LogP) is 2.58. The SMILES string of the molecule is CC(C)OCCC(C)(C)CNC1CC1. The van der Waals surface area contributed by atoms with E-state index in [4.69, 9.17) is 4.74 Å². The van der Waals surface area contributed by atoms with Crippen LogP contribution < -0.4 is 5.32 Å². The van der Waals surface area contributed by atoms with Gasteiger partial charge in [-0.05, 0) is 38.5 Å². The Morgan fingerprint density at radius 2 is 2.00 bits per heavy atom. The summed E-state index contributed by atoms with van der Waals surface area (Å²) in [5.74, 6) is 0. The first kappa shape index (κ1) is 12.0. The van der Waals surface area contributed by atoms with Crippen molar-refractivity contribution in [1.82, 2.24) is 5.32 Å². The van der Waals surface area contributed by atoms with E-state index in [-0.39, 0.29) is 0 Å². The summed E-state index contributed by atoms with van der Waals surface area (Å²) in [5.41, 5.74) is 0.372. The molecule has 1 aliphatic carbocycles. The van der Waals surface area contributed by atoms with E-state index in [0.29, 0.717) is 11.5 Å². The number of nitrogens with one attached hydrogen (secondary N) is 1. The Kier molecular flexibility index (Phi) is 4.39. The lowest BCUT2D eigenvalue weighted by atomic mass is 9.89. The summed E-state index contributed by atoms with van der Waals surface area (Å²) in [5, 5.41) is 3.58. The van der Waals surface area contributed by atoms with Gasteiger partial charge in [-0.1, -0.05) is 13.8 Å². The van der Waals surface area contributed by atoms with Gasteiger partial charge in [-0.2, -0.15) is 0 Å². The van der Waals surface area contributed by atoms with Gasteiger partial charge in [-0.15, -0.1) is 0 Å². The lowest BCUT2D eigenvalue weighted by Crippen LogP contribution is -2.32. The molecule has 0 spiro atoms. The molecule has 0 heterocycles. The fraction of sp³-hybridized carbons (Fsp3) is 1.00. The molecule has 2 heteroatoms. The molecule has 0 bridgehead atoms. The van der Waals surface area contributed by atoms with E-state index in [0.717, 1.165) is 25.6 Å². The van der Waals surface area contributed by atoms with Crippen LogP contribution in [-0.2, 0) is 4.74 Å². The fourth-order valence-corrected chi connectivity index (χ4v) is 1.37. The molecule has 1 N–H and O–H groups in total. The van der Waals surface area contributed by atoms with Gasteiger partial charge in [0.2, 0.25) is 0 Å². The monoisotopic (exact) mass is 199 g/mol. The van der Waals surface area contributed by atoms with Gasteiger partial charge >= 0.3 is 0 Å². The highest BCUT2D eigenvalue weighted by Crippen LogP contribution is 2.24. The van der Waals surface area contributed by atoms with Gasteiger partial charge in [0.25, 0.3) is 0 Å². The van der Waals surface area contributed by atoms with E-state index < -0.39 is 0 Å². The predicted molar refractivity (Wildman–Crippen MR) is 60.5 cm³/mol. The van der Waals surface area contributed by atoms with Crippen molar-refractivity contribution in [3.05, 3.63) is 0 Å². The van der Waals surface area contributed by atoms with Crippen LogP contribution in [0.3, 0.4) is 0 Å². The van der Waals surface area contributed by atoms with E-state index in [2.05, 4.69) is 33.0 Å². The molecule has 14 heavy (non-hydrogen) atoms. The first-order chi connectivity index (χ1) is 6.49. The Hall–Kier alpha value is -0.0800. The molecule has 0 unspecified atom stereocenters. The Bertz CT molecular complexity index is 162. The largest absolute Gasteiger partial charge is 0.379 e. The third kappa shape index (κ3) is 5.61. The van der Waals surface area contributed by atoms with Gasteiger partial charge in [0, 0.05) is 19.2 Å². The molecule has 1 rings (SSSR count). The molecular formula is C12H25NO. The maximum absolute atomic E-state index is 5.57. The Labute approximate surface area is 88.4 Å². The van der Waals surface area contributed by atoms with Crippen LogP contribution in [0.1, 0.15) is 47.0 Å². The summed E-state index contributed by atoms with van der Waals surface area (Å²) in [6, 6.07) is 0.820. The van der Waals surface area contributed by atoms with Crippen LogP contribution >= 0.6 is 0 Å². The molecule has 84 valence electrons. The van der Waals surface area contributed by atoms with Crippen LogP contribution in [0, 0.1) is 5.41 Å². The van der Waals surface area contributed by atoms with Crippen LogP contribution in [0.25, 0.3) is 0 Å². The summed E-state index contributed by atoms with van der Waals surface area (Å²) in [6.45, 7) is 10.8. The normalized spacial score (nSPS) is 17.8. The van der Waals surface area contributed by atoms with Gasteiger partial charge in [0.1, 0.15) is 0 Å². The second kappa shape index (κ2) is 5.13. The molecule has 0 aromatic heterocycles. The highest BCUT2D eigenvalue weighted by molar-refractivity contribution is 4.83. The first-order valence-electron chi connectivity index (χ1n) is 5.84. The Morgan fingerprint density at radius 1 is 1.36 bits per heavy atom. The standard InChI is InChI=1S/C12H25NO/c1-10(2)14-8-7-12(3,4)9-13-11-5-6-11/h10-11,13H,5-9H2,1-4H3. The molecule has 0 radical (unpaired) electrons. The van der Waals surface area contributed by atoms with E-state index in [1.807, 2.05) is 0 Å². The number of hydrogen-bond donors (Lipinski definition) is 1. The van der Waals surface area contributed by atoms with E-state index in [1.54, 1.807) is 0 Å². The number of rotatable bonds is 7. The second-order valence-corrected chi connectivity index (χ2v) is 5.49. The summed E-state index contributed by atoms with van der Waals surface area (Å²) in [4.78, 5) is 0. The minimum atomic E-state index is 0.363. The van der Waals surface area contributed by atoms with Gasteiger partial charge < -0.3 is 10.1 Å². The summed E-state index contributed by atoms with van der Waals surface area (Å²) in [6.07, 6.45) is 4.25. The zero-order chi connectivity index (χ0) is 10.6. The van der Waals surface area contributed by atoms with E-state index in [1.165, 1.54) is 12.8 Å². The smallest absolute Gasteiger partial charge is 0.0518 e. The van der Waals surface area contributed by atoms with Crippen LogP contribution in [0.4, 0.5) is 0 Å². The van der Waals surface area contributed by atoms with Crippen molar-refractivity contribution < 1.29 is 4.74 Å². The van der Waals surface area contributed by atoms with Crippen molar-refractivity contribution in [3.8, 4) is 0 Å². The Balaban J connectivity index is 2.05. The van der Waals surface area contributed by atoms with Gasteiger partial charge in [0.15, 0.2) is 0 Å². The molecule has 1 saturated carbocycles. The average Bonchev–Trinajstić information content (AvgIpc) is 2.82. The van der Waals surface area contributed by atoms with Gasteiger partial charge in [-0.25, -0.2) is 0 Å². The minimum Gasteiger partial charge on any atom is -0.379 e. The fourth-order valence-electron chi connectivity index (χ4n) is 1.37. The summed E-state index contributed by atoms with van der Waals surface area (Å²) >= 11 is 0. The lowest BCUT2D eigenvalue weighted by molar-refractivity contribution is 0.0573. The average molecular weight is 199 g/mol. The molecule has 0 amide bonds. The lowest BCUT2D eigenvalue weighted by Gasteiger charge is -2.25. The van der Waals surface area contributed by atoms with Crippen LogP contribution in [0.2, 0.25) is 0 Å². The quantitative estimate of drug-likeness (QED) is 0.680. The zero-order valence-corrected chi connectivity index (χ0v) is 10.1. The summed E-state index contributed by atoms with van der Waals surface area (Å²) in [7, 11) is 0. The molecule has 0 aromatic carbocycles. The molecular weight excluding hydrogens is 174 g/mol. The van der Waals surface area contributed by atoms with Gasteiger partial charge in [0.05, 0.1) is 6.10 Å². The van der Waals surface area contributed by atoms with Crippen molar-refractivity contribution >= 4 is 0 Å². The van der Waals surface area contributed by atoms with Gasteiger partial charge in [-0.3, -0.25) is 0 Å². The number of hydrogen-bond acceptors (Lipinski definition) is 2. The van der Waals surface area contributed by atoms with E-state index >= 15 is 0 Å². The van der Waals surface area contributed by atoms with E-state index in [9.17, 15) is 0 Å². The van der Waals surface area contributed by atoms with Crippen LogP contribution in [0.15, 0.2) is 0 Å². The van der Waals surface area contributed by atoms with Crippen LogP contribution in [0.5, 0.6) is 0 Å². The number of ether oxygens (including phenoxy) is 1. The highest BCUT2D eigenvalue weighted by atomic mass is 16.5. The van der Waals surface area contributed by atoms with Crippen molar-refractivity contribution in [1.29, 1.82) is 0 Å². The maximum Gasteiger partial charge on any atom is 0.0518 e. The molecule has 0 saturated heterocycles.